The van der Waals surface area contributed by atoms with Crippen LogP contribution in [-0.4, -0.2) is 22.7 Å². The Balaban J connectivity index is 2.46. The number of aliphatic hydroxyl groups excluding tert-OH is 1. The second kappa shape index (κ2) is 4.31. The molecule has 0 unspecified atom stereocenters. The molecule has 0 fully saturated rings. The number of benzene rings is 1. The van der Waals surface area contributed by atoms with Crippen molar-refractivity contribution in [2.75, 3.05) is 0 Å². The molecular formula is C11H12N2O3S. The van der Waals surface area contributed by atoms with Crippen LogP contribution in [-0.2, 0) is 16.6 Å². The Morgan fingerprint density at radius 1 is 1.29 bits per heavy atom. The van der Waals surface area contributed by atoms with Crippen LogP contribution in [0.2, 0.25) is 0 Å². The lowest BCUT2D eigenvalue weighted by Crippen LogP contribution is -2.13. The predicted octanol–water partition coefficient (Wildman–Crippen LogP) is 0.921. The Morgan fingerprint density at radius 2 is 1.94 bits per heavy atom. The molecule has 2 aromatic rings. The highest BCUT2D eigenvalue weighted by Crippen LogP contribution is 2.14. The highest BCUT2D eigenvalue weighted by molar-refractivity contribution is 7.89. The van der Waals surface area contributed by atoms with Gasteiger partial charge in [-0.3, -0.25) is 0 Å². The summed E-state index contributed by atoms with van der Waals surface area (Å²) < 4.78 is 25.1. The summed E-state index contributed by atoms with van der Waals surface area (Å²) in [5.74, 6) is 0. The van der Waals surface area contributed by atoms with Gasteiger partial charge in [-0.15, -0.1) is 0 Å². The zero-order valence-corrected chi connectivity index (χ0v) is 10.1. The summed E-state index contributed by atoms with van der Waals surface area (Å²) in [5, 5.41) is 12.6. The van der Waals surface area contributed by atoms with E-state index in [0.29, 0.717) is 5.56 Å². The van der Waals surface area contributed by atoms with Gasteiger partial charge < -0.3 is 5.11 Å². The lowest BCUT2D eigenvalue weighted by Gasteiger charge is -2.04. The molecule has 6 heteroatoms. The lowest BCUT2D eigenvalue weighted by atomic mass is 10.2. The first-order chi connectivity index (χ1) is 8.04. The molecule has 0 atom stereocenters. The summed E-state index contributed by atoms with van der Waals surface area (Å²) in [6.45, 7) is 1.65. The van der Waals surface area contributed by atoms with Crippen LogP contribution in [0.3, 0.4) is 0 Å². The number of rotatable bonds is 3. The minimum atomic E-state index is -3.65. The highest BCUT2D eigenvalue weighted by Gasteiger charge is 2.17. The zero-order valence-electron chi connectivity index (χ0n) is 9.24. The summed E-state index contributed by atoms with van der Waals surface area (Å²) >= 11 is 0. The maximum Gasteiger partial charge on any atom is 0.282 e. The average Bonchev–Trinajstić information content (AvgIpc) is 2.78. The summed E-state index contributed by atoms with van der Waals surface area (Å²) in [4.78, 5) is 0.177. The van der Waals surface area contributed by atoms with Gasteiger partial charge >= 0.3 is 0 Å². The fourth-order valence-corrected chi connectivity index (χ4v) is 2.51. The van der Waals surface area contributed by atoms with Gasteiger partial charge in [0.1, 0.15) is 0 Å². The van der Waals surface area contributed by atoms with Gasteiger partial charge in [-0.1, -0.05) is 17.7 Å². The monoisotopic (exact) mass is 252 g/mol. The molecule has 90 valence electrons. The van der Waals surface area contributed by atoms with Gasteiger partial charge in [-0.05, 0) is 19.1 Å². The van der Waals surface area contributed by atoms with Crippen LogP contribution in [0.15, 0.2) is 41.6 Å². The summed E-state index contributed by atoms with van der Waals surface area (Å²) in [7, 11) is -3.65. The minimum Gasteiger partial charge on any atom is -0.392 e. The Bertz CT molecular complexity index is 614. The number of aryl methyl sites for hydroxylation is 1. The summed E-state index contributed by atoms with van der Waals surface area (Å²) in [5.41, 5.74) is 1.45. The Hall–Kier alpha value is -1.66. The molecule has 1 N–H and O–H groups in total. The fourth-order valence-electron chi connectivity index (χ4n) is 1.37. The van der Waals surface area contributed by atoms with Crippen molar-refractivity contribution in [3.63, 3.8) is 0 Å². The number of hydrogen-bond acceptors (Lipinski definition) is 4. The van der Waals surface area contributed by atoms with Crippen LogP contribution in [0.5, 0.6) is 0 Å². The van der Waals surface area contributed by atoms with Crippen molar-refractivity contribution < 1.29 is 13.5 Å². The van der Waals surface area contributed by atoms with Crippen molar-refractivity contribution >= 4 is 10.0 Å². The largest absolute Gasteiger partial charge is 0.392 e. The molecule has 0 saturated carbocycles. The molecule has 0 amide bonds. The van der Waals surface area contributed by atoms with Crippen molar-refractivity contribution in [1.82, 2.24) is 9.19 Å². The summed E-state index contributed by atoms with van der Waals surface area (Å²) in [6, 6.07) is 6.52. The molecule has 1 heterocycles. The van der Waals surface area contributed by atoms with E-state index in [4.69, 9.17) is 5.11 Å². The van der Waals surface area contributed by atoms with Gasteiger partial charge in [0.05, 0.1) is 17.7 Å². The van der Waals surface area contributed by atoms with Crippen molar-refractivity contribution in [2.24, 2.45) is 0 Å². The van der Waals surface area contributed by atoms with Gasteiger partial charge in [0.15, 0.2) is 0 Å². The molecule has 0 aliphatic heterocycles. The van der Waals surface area contributed by atoms with Crippen molar-refractivity contribution in [1.29, 1.82) is 0 Å². The molecule has 0 saturated heterocycles. The third-order valence-corrected chi connectivity index (χ3v) is 3.92. The van der Waals surface area contributed by atoms with Gasteiger partial charge in [-0.25, -0.2) is 0 Å². The molecule has 1 aromatic carbocycles. The average molecular weight is 252 g/mol. The minimum absolute atomic E-state index is 0.177. The van der Waals surface area contributed by atoms with E-state index in [1.54, 1.807) is 12.1 Å². The number of nitrogens with zero attached hydrogens (tertiary/aromatic N) is 2. The molecule has 0 aliphatic rings. The smallest absolute Gasteiger partial charge is 0.282 e. The Morgan fingerprint density at radius 3 is 2.47 bits per heavy atom. The predicted molar refractivity (Wildman–Crippen MR) is 61.9 cm³/mol. The normalized spacial score (nSPS) is 11.6. The summed E-state index contributed by atoms with van der Waals surface area (Å²) in [6.07, 6.45) is 2.63. The van der Waals surface area contributed by atoms with Crippen molar-refractivity contribution in [2.45, 2.75) is 18.4 Å². The fraction of sp³-hybridized carbons (Fsp3) is 0.182. The van der Waals surface area contributed by atoms with E-state index >= 15 is 0 Å². The Labute approximate surface area is 99.4 Å². The second-order valence-electron chi connectivity index (χ2n) is 3.70. The number of aromatic nitrogens is 2. The molecule has 17 heavy (non-hydrogen) atoms. The van der Waals surface area contributed by atoms with Crippen LogP contribution in [0.25, 0.3) is 0 Å². The first kappa shape index (κ1) is 11.8. The number of hydrogen-bond donors (Lipinski definition) is 1. The molecule has 0 aliphatic carbocycles. The van der Waals surface area contributed by atoms with Crippen molar-refractivity contribution in [3.05, 3.63) is 47.8 Å². The van der Waals surface area contributed by atoms with E-state index in [1.165, 1.54) is 24.5 Å². The SMILES string of the molecule is Cc1ccc(S(=O)(=O)n2cc(CO)cn2)cc1. The third kappa shape index (κ3) is 2.22. The molecule has 2 rings (SSSR count). The highest BCUT2D eigenvalue weighted by atomic mass is 32.2. The second-order valence-corrected chi connectivity index (χ2v) is 5.49. The van der Waals surface area contributed by atoms with Crippen molar-refractivity contribution in [3.8, 4) is 0 Å². The van der Waals surface area contributed by atoms with E-state index in [-0.39, 0.29) is 11.5 Å². The molecule has 0 radical (unpaired) electrons. The van der Waals surface area contributed by atoms with Gasteiger partial charge in [0.25, 0.3) is 10.0 Å². The van der Waals surface area contributed by atoms with E-state index in [9.17, 15) is 8.42 Å². The van der Waals surface area contributed by atoms with Crippen LogP contribution >= 0.6 is 0 Å². The third-order valence-electron chi connectivity index (χ3n) is 2.36. The van der Waals surface area contributed by atoms with Crippen LogP contribution < -0.4 is 0 Å². The maximum absolute atomic E-state index is 12.1. The number of aliphatic hydroxyl groups is 1. The molecule has 5 nitrogen and oxygen atoms in total. The standard InChI is InChI=1S/C11H12N2O3S/c1-9-2-4-11(5-3-9)17(15,16)13-7-10(8-14)6-12-13/h2-7,14H,8H2,1H3. The zero-order chi connectivity index (χ0) is 12.5. The molecule has 0 spiro atoms. The Kier molecular flexibility index (Phi) is 2.99. The first-order valence-electron chi connectivity index (χ1n) is 5.00. The van der Waals surface area contributed by atoms with E-state index in [1.807, 2.05) is 6.92 Å². The quantitative estimate of drug-likeness (QED) is 0.881. The molecular weight excluding hydrogens is 240 g/mol. The topological polar surface area (TPSA) is 72.2 Å². The lowest BCUT2D eigenvalue weighted by molar-refractivity contribution is 0.282. The molecule has 1 aromatic heterocycles. The van der Waals surface area contributed by atoms with Gasteiger partial charge in [-0.2, -0.15) is 17.6 Å². The van der Waals surface area contributed by atoms with Crippen LogP contribution in [0.1, 0.15) is 11.1 Å². The van der Waals surface area contributed by atoms with E-state index in [2.05, 4.69) is 5.10 Å². The van der Waals surface area contributed by atoms with Gasteiger partial charge in [0, 0.05) is 11.8 Å². The van der Waals surface area contributed by atoms with Crippen LogP contribution in [0.4, 0.5) is 0 Å². The first-order valence-corrected chi connectivity index (χ1v) is 6.44. The van der Waals surface area contributed by atoms with E-state index < -0.39 is 10.0 Å². The maximum atomic E-state index is 12.1. The molecule has 0 bridgehead atoms. The van der Waals surface area contributed by atoms with E-state index in [0.717, 1.165) is 9.65 Å². The van der Waals surface area contributed by atoms with Crippen LogP contribution in [0, 0.1) is 6.92 Å². The van der Waals surface area contributed by atoms with Gasteiger partial charge in [0.2, 0.25) is 0 Å².